The maximum atomic E-state index is 5.33. The number of hydrogen-bond acceptors (Lipinski definition) is 8. The van der Waals surface area contributed by atoms with Crippen molar-refractivity contribution in [3.05, 3.63) is 37.2 Å². The third kappa shape index (κ3) is 3.05. The van der Waals surface area contributed by atoms with Gasteiger partial charge in [-0.1, -0.05) is 0 Å². The molecule has 0 aliphatic rings. The minimum absolute atomic E-state index is 0.378. The number of nitrogens with one attached hydrogen (secondary N) is 1. The molecule has 9 heteroatoms. The Labute approximate surface area is 138 Å². The number of methoxy groups -OCH3 is 3. The van der Waals surface area contributed by atoms with Crippen LogP contribution in [0.25, 0.3) is 5.95 Å². The van der Waals surface area contributed by atoms with E-state index < -0.39 is 0 Å². The summed E-state index contributed by atoms with van der Waals surface area (Å²) in [6.45, 7) is 0. The number of ether oxygens (including phenoxy) is 3. The first-order chi connectivity index (χ1) is 11.7. The third-order valence-electron chi connectivity index (χ3n) is 3.22. The molecule has 1 aromatic carbocycles. The Kier molecular flexibility index (Phi) is 4.41. The molecule has 24 heavy (non-hydrogen) atoms. The van der Waals surface area contributed by atoms with Crippen LogP contribution in [0.3, 0.4) is 0 Å². The molecule has 0 unspecified atom stereocenters. The third-order valence-corrected chi connectivity index (χ3v) is 3.22. The van der Waals surface area contributed by atoms with E-state index in [9.17, 15) is 0 Å². The van der Waals surface area contributed by atoms with Crippen molar-refractivity contribution in [2.75, 3.05) is 26.6 Å². The molecule has 0 aliphatic carbocycles. The Morgan fingerprint density at radius 3 is 2.33 bits per heavy atom. The molecule has 2 heterocycles. The van der Waals surface area contributed by atoms with E-state index in [0.717, 1.165) is 0 Å². The molecule has 0 atom stereocenters. The second-order valence-corrected chi connectivity index (χ2v) is 4.62. The van der Waals surface area contributed by atoms with Gasteiger partial charge in [-0.3, -0.25) is 4.57 Å². The van der Waals surface area contributed by atoms with E-state index in [1.807, 2.05) is 0 Å². The van der Waals surface area contributed by atoms with Crippen LogP contribution in [0.2, 0.25) is 0 Å². The number of anilines is 2. The zero-order chi connectivity index (χ0) is 16.9. The number of hydrogen-bond donors (Lipinski definition) is 1. The van der Waals surface area contributed by atoms with E-state index in [0.29, 0.717) is 34.8 Å². The van der Waals surface area contributed by atoms with Gasteiger partial charge in [0.2, 0.25) is 17.6 Å². The predicted octanol–water partition coefficient (Wildman–Crippen LogP) is 1.83. The van der Waals surface area contributed by atoms with Gasteiger partial charge in [-0.25, -0.2) is 15.0 Å². The van der Waals surface area contributed by atoms with Gasteiger partial charge in [0.05, 0.1) is 21.3 Å². The van der Waals surface area contributed by atoms with Gasteiger partial charge in [0, 0.05) is 30.2 Å². The van der Waals surface area contributed by atoms with Gasteiger partial charge in [-0.15, -0.1) is 0 Å². The molecule has 0 aliphatic heterocycles. The Morgan fingerprint density at radius 1 is 1.00 bits per heavy atom. The van der Waals surface area contributed by atoms with Crippen molar-refractivity contribution in [2.45, 2.75) is 0 Å². The largest absolute Gasteiger partial charge is 0.493 e. The zero-order valence-electron chi connectivity index (χ0n) is 13.4. The molecule has 2 aromatic heterocycles. The van der Waals surface area contributed by atoms with E-state index >= 15 is 0 Å². The lowest BCUT2D eigenvalue weighted by molar-refractivity contribution is 0.324. The van der Waals surface area contributed by atoms with Crippen LogP contribution in [0, 0.1) is 0 Å². The molecular weight excluding hydrogens is 312 g/mol. The van der Waals surface area contributed by atoms with Gasteiger partial charge in [0.25, 0.3) is 0 Å². The smallest absolute Gasteiger partial charge is 0.239 e. The Hall–Kier alpha value is -3.36. The van der Waals surface area contributed by atoms with Gasteiger partial charge >= 0.3 is 0 Å². The van der Waals surface area contributed by atoms with Crippen LogP contribution in [0.4, 0.5) is 11.6 Å². The topological polar surface area (TPSA) is 96.2 Å². The average molecular weight is 328 g/mol. The first kappa shape index (κ1) is 15.5. The van der Waals surface area contributed by atoms with Crippen molar-refractivity contribution >= 4 is 11.6 Å². The summed E-state index contributed by atoms with van der Waals surface area (Å²) in [6.07, 6.45) is 6.43. The SMILES string of the molecule is COc1cc(Nc2ncnc(-n3ccnc3)n2)cc(OC)c1OC. The van der Waals surface area contributed by atoms with Gasteiger partial charge in [0.15, 0.2) is 11.5 Å². The monoisotopic (exact) mass is 328 g/mol. The highest BCUT2D eigenvalue weighted by molar-refractivity contribution is 5.65. The lowest BCUT2D eigenvalue weighted by atomic mass is 10.2. The highest BCUT2D eigenvalue weighted by Crippen LogP contribution is 2.40. The summed E-state index contributed by atoms with van der Waals surface area (Å²) in [5.74, 6) is 2.41. The highest BCUT2D eigenvalue weighted by Gasteiger charge is 2.14. The number of nitrogens with zero attached hydrogens (tertiary/aromatic N) is 5. The van der Waals surface area contributed by atoms with E-state index in [1.54, 1.807) is 56.8 Å². The number of aromatic nitrogens is 5. The zero-order valence-corrected chi connectivity index (χ0v) is 13.4. The van der Waals surface area contributed by atoms with Crippen molar-refractivity contribution in [3.63, 3.8) is 0 Å². The molecule has 0 saturated carbocycles. The van der Waals surface area contributed by atoms with E-state index in [4.69, 9.17) is 14.2 Å². The fourth-order valence-electron chi connectivity index (χ4n) is 2.13. The van der Waals surface area contributed by atoms with E-state index in [2.05, 4.69) is 25.3 Å². The van der Waals surface area contributed by atoms with Crippen molar-refractivity contribution < 1.29 is 14.2 Å². The van der Waals surface area contributed by atoms with Crippen LogP contribution in [0.15, 0.2) is 37.2 Å². The molecule has 9 nitrogen and oxygen atoms in total. The standard InChI is InChI=1S/C15H16N6O3/c1-22-11-6-10(7-12(23-2)13(11)24-3)19-14-17-8-18-15(20-14)21-5-4-16-9-21/h4-9H,1-3H3,(H,17,18,19,20). The first-order valence-corrected chi connectivity index (χ1v) is 6.99. The first-order valence-electron chi connectivity index (χ1n) is 6.99. The molecule has 1 N–H and O–H groups in total. The van der Waals surface area contributed by atoms with Crippen LogP contribution in [-0.4, -0.2) is 45.8 Å². The van der Waals surface area contributed by atoms with Gasteiger partial charge in [0.1, 0.15) is 12.7 Å². The van der Waals surface area contributed by atoms with Crippen LogP contribution in [-0.2, 0) is 0 Å². The van der Waals surface area contributed by atoms with Crippen molar-refractivity contribution in [1.29, 1.82) is 0 Å². The normalized spacial score (nSPS) is 10.3. The Balaban J connectivity index is 1.92. The lowest BCUT2D eigenvalue weighted by Gasteiger charge is -2.14. The van der Waals surface area contributed by atoms with Crippen LogP contribution < -0.4 is 19.5 Å². The molecule has 0 fully saturated rings. The van der Waals surface area contributed by atoms with Crippen molar-refractivity contribution in [3.8, 4) is 23.2 Å². The van der Waals surface area contributed by atoms with Crippen LogP contribution in [0.1, 0.15) is 0 Å². The number of imidazole rings is 1. The summed E-state index contributed by atoms with van der Waals surface area (Å²) in [6, 6.07) is 3.53. The summed E-state index contributed by atoms with van der Waals surface area (Å²) in [7, 11) is 4.67. The quantitative estimate of drug-likeness (QED) is 0.732. The Morgan fingerprint density at radius 2 is 1.75 bits per heavy atom. The van der Waals surface area contributed by atoms with Gasteiger partial charge < -0.3 is 19.5 Å². The fraction of sp³-hybridized carbons (Fsp3) is 0.200. The molecule has 3 rings (SSSR count). The van der Waals surface area contributed by atoms with Gasteiger partial charge in [-0.05, 0) is 0 Å². The van der Waals surface area contributed by atoms with Crippen LogP contribution in [0.5, 0.6) is 17.2 Å². The average Bonchev–Trinajstić information content (AvgIpc) is 3.15. The minimum atomic E-state index is 0.378. The summed E-state index contributed by atoms with van der Waals surface area (Å²) in [5, 5.41) is 3.10. The molecule has 0 amide bonds. The number of benzene rings is 1. The highest BCUT2D eigenvalue weighted by atomic mass is 16.5. The lowest BCUT2D eigenvalue weighted by Crippen LogP contribution is -2.04. The number of rotatable bonds is 6. The predicted molar refractivity (Wildman–Crippen MR) is 86.3 cm³/mol. The molecule has 124 valence electrons. The summed E-state index contributed by atoms with van der Waals surface area (Å²) in [5.41, 5.74) is 0.687. The molecule has 3 aromatic rings. The van der Waals surface area contributed by atoms with Crippen molar-refractivity contribution in [1.82, 2.24) is 24.5 Å². The summed E-state index contributed by atoms with van der Waals surface area (Å²) in [4.78, 5) is 16.5. The van der Waals surface area contributed by atoms with Crippen LogP contribution >= 0.6 is 0 Å². The second kappa shape index (κ2) is 6.82. The molecular formula is C15H16N6O3. The maximum Gasteiger partial charge on any atom is 0.239 e. The summed E-state index contributed by atoms with van der Waals surface area (Å²) < 4.78 is 17.6. The van der Waals surface area contributed by atoms with Crippen molar-refractivity contribution in [2.24, 2.45) is 0 Å². The Bertz CT molecular complexity index is 797. The molecule has 0 spiro atoms. The molecule has 0 bridgehead atoms. The van der Waals surface area contributed by atoms with E-state index in [-0.39, 0.29) is 0 Å². The van der Waals surface area contributed by atoms with E-state index in [1.165, 1.54) is 6.33 Å². The maximum absolute atomic E-state index is 5.33. The minimum Gasteiger partial charge on any atom is -0.493 e. The van der Waals surface area contributed by atoms with Gasteiger partial charge in [-0.2, -0.15) is 4.98 Å². The fourth-order valence-corrected chi connectivity index (χ4v) is 2.13. The second-order valence-electron chi connectivity index (χ2n) is 4.62. The molecule has 0 saturated heterocycles. The summed E-state index contributed by atoms with van der Waals surface area (Å²) >= 11 is 0. The molecule has 0 radical (unpaired) electrons.